The normalized spacial score (nSPS) is 15.3. The largest absolute Gasteiger partial charge is 0.467 e. The molecule has 5 rings (SSSR count). The molecule has 1 atom stereocenters. The Morgan fingerprint density at radius 2 is 1.70 bits per heavy atom. The van der Waals surface area contributed by atoms with E-state index in [1.165, 1.54) is 22.6 Å². The SMILES string of the molecule is CCc1cccc(CC)c1-n1c(=O)nc(N2CCN(C(=O)OC(C)(C)C)C[C@@H]2C(=O)OC)c2cc(Cl)c(-c3ccccc3F)nc21. The van der Waals surface area contributed by atoms with E-state index in [1.54, 1.807) is 49.9 Å². The third kappa shape index (κ3) is 6.28. The van der Waals surface area contributed by atoms with Crippen LogP contribution in [0.3, 0.4) is 0 Å². The van der Waals surface area contributed by atoms with E-state index in [-0.39, 0.29) is 47.4 Å². The van der Waals surface area contributed by atoms with Crippen LogP contribution in [0.1, 0.15) is 45.7 Å². The number of pyridine rings is 1. The molecular weight excluding hydrogens is 613 g/mol. The maximum Gasteiger partial charge on any atom is 0.410 e. The van der Waals surface area contributed by atoms with E-state index in [0.29, 0.717) is 23.9 Å². The zero-order valence-corrected chi connectivity index (χ0v) is 27.5. The van der Waals surface area contributed by atoms with E-state index in [4.69, 9.17) is 26.1 Å². The molecule has 0 N–H and O–H groups in total. The average Bonchev–Trinajstić information content (AvgIpc) is 3.03. The van der Waals surface area contributed by atoms with Gasteiger partial charge in [-0.1, -0.05) is 55.8 Å². The number of amides is 1. The summed E-state index contributed by atoms with van der Waals surface area (Å²) >= 11 is 6.80. The summed E-state index contributed by atoms with van der Waals surface area (Å²) in [5, 5.41) is 0.504. The van der Waals surface area contributed by atoms with Gasteiger partial charge in [-0.3, -0.25) is 0 Å². The molecule has 0 unspecified atom stereocenters. The monoisotopic (exact) mass is 649 g/mol. The van der Waals surface area contributed by atoms with Gasteiger partial charge in [-0.05, 0) is 62.9 Å². The van der Waals surface area contributed by atoms with Crippen molar-refractivity contribution in [3.63, 3.8) is 0 Å². The van der Waals surface area contributed by atoms with Crippen molar-refractivity contribution in [3.05, 3.63) is 81.0 Å². The van der Waals surface area contributed by atoms with Crippen LogP contribution >= 0.6 is 11.6 Å². The van der Waals surface area contributed by atoms with Crippen LogP contribution in [-0.4, -0.2) is 69.9 Å². The predicted molar refractivity (Wildman–Crippen MR) is 175 cm³/mol. The lowest BCUT2D eigenvalue weighted by Crippen LogP contribution is -2.59. The highest BCUT2D eigenvalue weighted by atomic mass is 35.5. The van der Waals surface area contributed by atoms with Crippen molar-refractivity contribution in [2.75, 3.05) is 31.6 Å². The number of anilines is 1. The van der Waals surface area contributed by atoms with Gasteiger partial charge in [0.1, 0.15) is 23.3 Å². The summed E-state index contributed by atoms with van der Waals surface area (Å²) in [6.07, 6.45) is 0.685. The van der Waals surface area contributed by atoms with Gasteiger partial charge in [-0.25, -0.2) is 28.3 Å². The first kappa shape index (κ1) is 32.9. The fraction of sp³-hybridized carbons (Fsp3) is 0.382. The van der Waals surface area contributed by atoms with Crippen molar-refractivity contribution in [1.29, 1.82) is 0 Å². The molecule has 0 aliphatic carbocycles. The minimum atomic E-state index is -1.02. The van der Waals surface area contributed by atoms with Crippen LogP contribution in [0.4, 0.5) is 15.0 Å². The fourth-order valence-electron chi connectivity index (χ4n) is 5.74. The number of benzene rings is 2. The van der Waals surface area contributed by atoms with E-state index in [2.05, 4.69) is 4.98 Å². The molecule has 1 aliphatic rings. The zero-order chi connectivity index (χ0) is 33.3. The standard InChI is InChI=1S/C34H37ClFN5O5/c1-7-20-12-11-13-21(8-2)28(20)41-30-23(18-24(35)27(37-30)22-14-9-10-15-25(22)36)29(38-32(41)43)40-17-16-39(19-26(40)31(42)45-6)33(44)46-34(3,4)5/h9-15,18,26H,7-8,16-17,19H2,1-6H3/t26-/m1/s1. The van der Waals surface area contributed by atoms with Gasteiger partial charge in [0.25, 0.3) is 0 Å². The van der Waals surface area contributed by atoms with Crippen LogP contribution in [0.2, 0.25) is 5.02 Å². The lowest BCUT2D eigenvalue weighted by Gasteiger charge is -2.41. The summed E-state index contributed by atoms with van der Waals surface area (Å²) in [5.41, 5.74) is 1.61. The number of esters is 1. The van der Waals surface area contributed by atoms with Gasteiger partial charge in [0.15, 0.2) is 5.65 Å². The number of piperazine rings is 1. The van der Waals surface area contributed by atoms with Crippen molar-refractivity contribution in [2.45, 2.75) is 59.1 Å². The highest BCUT2D eigenvalue weighted by Gasteiger charge is 2.39. The second kappa shape index (κ2) is 13.1. The second-order valence-corrected chi connectivity index (χ2v) is 12.4. The number of carbonyl (C=O) groups is 2. The number of hydrogen-bond acceptors (Lipinski definition) is 8. The minimum Gasteiger partial charge on any atom is -0.467 e. The Balaban J connectivity index is 1.77. The Kier molecular flexibility index (Phi) is 9.34. The van der Waals surface area contributed by atoms with Gasteiger partial charge in [0, 0.05) is 18.7 Å². The third-order valence-electron chi connectivity index (χ3n) is 7.90. The predicted octanol–water partition coefficient (Wildman–Crippen LogP) is 5.96. The molecule has 1 aliphatic heterocycles. The molecule has 10 nitrogen and oxygen atoms in total. The Hall–Kier alpha value is -4.51. The van der Waals surface area contributed by atoms with Crippen LogP contribution in [0.5, 0.6) is 0 Å². The summed E-state index contributed by atoms with van der Waals surface area (Å²) in [6.45, 7) is 9.51. The van der Waals surface area contributed by atoms with E-state index >= 15 is 4.39 Å². The third-order valence-corrected chi connectivity index (χ3v) is 8.18. The highest BCUT2D eigenvalue weighted by Crippen LogP contribution is 2.36. The van der Waals surface area contributed by atoms with Crippen molar-refractivity contribution < 1.29 is 23.5 Å². The number of nitrogens with zero attached hydrogens (tertiary/aromatic N) is 5. The number of methoxy groups -OCH3 is 1. The van der Waals surface area contributed by atoms with Crippen molar-refractivity contribution in [2.24, 2.45) is 0 Å². The highest BCUT2D eigenvalue weighted by molar-refractivity contribution is 6.33. The molecule has 2 aromatic carbocycles. The molecule has 242 valence electrons. The van der Waals surface area contributed by atoms with E-state index < -0.39 is 35.2 Å². The van der Waals surface area contributed by atoms with Gasteiger partial charge in [-0.15, -0.1) is 0 Å². The van der Waals surface area contributed by atoms with Crippen molar-refractivity contribution >= 4 is 40.5 Å². The van der Waals surface area contributed by atoms with Crippen LogP contribution < -0.4 is 10.6 Å². The summed E-state index contributed by atoms with van der Waals surface area (Å²) in [7, 11) is 1.25. The summed E-state index contributed by atoms with van der Waals surface area (Å²) < 4.78 is 27.2. The van der Waals surface area contributed by atoms with Crippen molar-refractivity contribution in [3.8, 4) is 16.9 Å². The summed E-state index contributed by atoms with van der Waals surface area (Å²) in [4.78, 5) is 52.8. The molecule has 46 heavy (non-hydrogen) atoms. The van der Waals surface area contributed by atoms with Crippen molar-refractivity contribution in [1.82, 2.24) is 19.4 Å². The Morgan fingerprint density at radius 3 is 2.30 bits per heavy atom. The Morgan fingerprint density at radius 1 is 1.02 bits per heavy atom. The Labute approximate surface area is 271 Å². The first-order valence-corrected chi connectivity index (χ1v) is 15.6. The van der Waals surface area contributed by atoms with Gasteiger partial charge < -0.3 is 19.3 Å². The maximum absolute atomic E-state index is 15.1. The fourth-order valence-corrected chi connectivity index (χ4v) is 5.99. The zero-order valence-electron chi connectivity index (χ0n) is 26.8. The average molecular weight is 650 g/mol. The van der Waals surface area contributed by atoms with Gasteiger partial charge in [0.05, 0.1) is 35.4 Å². The van der Waals surface area contributed by atoms with Gasteiger partial charge in [0.2, 0.25) is 0 Å². The molecule has 4 aromatic rings. The van der Waals surface area contributed by atoms with Crippen LogP contribution in [0.25, 0.3) is 28.0 Å². The van der Waals surface area contributed by atoms with E-state index in [0.717, 1.165) is 11.1 Å². The van der Waals surface area contributed by atoms with Crippen LogP contribution in [-0.2, 0) is 27.1 Å². The number of carbonyl (C=O) groups excluding carboxylic acids is 2. The minimum absolute atomic E-state index is 0.0685. The molecule has 0 saturated carbocycles. The summed E-state index contributed by atoms with van der Waals surface area (Å²) in [5.74, 6) is -0.998. The molecule has 0 radical (unpaired) electrons. The number of ether oxygens (including phenoxy) is 2. The van der Waals surface area contributed by atoms with Gasteiger partial charge in [-0.2, -0.15) is 4.98 Å². The van der Waals surface area contributed by atoms with Gasteiger partial charge >= 0.3 is 17.8 Å². The molecular formula is C34H37ClFN5O5. The first-order chi connectivity index (χ1) is 21.9. The second-order valence-electron chi connectivity index (χ2n) is 12.0. The summed E-state index contributed by atoms with van der Waals surface area (Å²) in [6, 6.07) is 12.5. The van der Waals surface area contributed by atoms with Crippen LogP contribution in [0.15, 0.2) is 53.3 Å². The lowest BCUT2D eigenvalue weighted by atomic mass is 10.0. The Bertz CT molecular complexity index is 1850. The molecule has 1 fully saturated rings. The molecule has 1 saturated heterocycles. The molecule has 0 spiro atoms. The molecule has 0 bridgehead atoms. The molecule has 1 amide bonds. The smallest absolute Gasteiger partial charge is 0.410 e. The molecule has 12 heteroatoms. The molecule has 3 heterocycles. The number of halogens is 2. The number of para-hydroxylation sites is 1. The molecule has 2 aromatic heterocycles. The number of hydrogen-bond donors (Lipinski definition) is 0. The van der Waals surface area contributed by atoms with Crippen LogP contribution in [0, 0.1) is 5.82 Å². The first-order valence-electron chi connectivity index (χ1n) is 15.2. The topological polar surface area (TPSA) is 107 Å². The number of fused-ring (bicyclic) bond motifs is 1. The lowest BCUT2D eigenvalue weighted by molar-refractivity contribution is -0.143. The van der Waals surface area contributed by atoms with E-state index in [1.807, 2.05) is 32.0 Å². The number of aryl methyl sites for hydroxylation is 2. The quantitative estimate of drug-likeness (QED) is 0.236. The number of aromatic nitrogens is 3. The maximum atomic E-state index is 15.1. The van der Waals surface area contributed by atoms with E-state index in [9.17, 15) is 14.4 Å². The number of rotatable bonds is 6.